The molecule has 0 aromatic heterocycles. The topological polar surface area (TPSA) is 21.3 Å². The van der Waals surface area contributed by atoms with Crippen LogP contribution < -0.4 is 10.1 Å². The molecule has 0 aliphatic heterocycles. The molecule has 0 heterocycles. The van der Waals surface area contributed by atoms with Crippen LogP contribution in [-0.4, -0.2) is 12.1 Å². The van der Waals surface area contributed by atoms with Crippen molar-refractivity contribution in [1.29, 1.82) is 0 Å². The maximum atomic E-state index is 5.59. The van der Waals surface area contributed by atoms with Gasteiger partial charge in [0.1, 0.15) is 5.75 Å². The quantitative estimate of drug-likeness (QED) is 0.798. The molecule has 1 fully saturated rings. The van der Waals surface area contributed by atoms with Crippen molar-refractivity contribution >= 4 is 0 Å². The van der Waals surface area contributed by atoms with Crippen LogP contribution in [0.5, 0.6) is 5.75 Å². The maximum absolute atomic E-state index is 5.59. The van der Waals surface area contributed by atoms with E-state index in [1.54, 1.807) is 0 Å². The summed E-state index contributed by atoms with van der Waals surface area (Å²) in [5, 5.41) is 3.49. The van der Waals surface area contributed by atoms with Crippen LogP contribution >= 0.6 is 0 Å². The molecule has 0 spiro atoms. The molecule has 2 nitrogen and oxygen atoms in total. The number of benzene rings is 1. The van der Waals surface area contributed by atoms with E-state index in [1.807, 2.05) is 26.0 Å². The highest BCUT2D eigenvalue weighted by molar-refractivity contribution is 5.27. The van der Waals surface area contributed by atoms with Crippen molar-refractivity contribution in [3.05, 3.63) is 29.8 Å². The second-order valence-corrected chi connectivity index (χ2v) is 4.47. The average Bonchev–Trinajstić information content (AvgIpc) is 2.99. The molecule has 0 bridgehead atoms. The first-order chi connectivity index (χ1) is 7.24. The summed E-state index contributed by atoms with van der Waals surface area (Å²) in [6, 6.07) is 9.13. The van der Waals surface area contributed by atoms with Crippen LogP contribution in [0.25, 0.3) is 0 Å². The molecule has 2 rings (SSSR count). The molecule has 15 heavy (non-hydrogen) atoms. The van der Waals surface area contributed by atoms with Gasteiger partial charge in [-0.05, 0) is 44.4 Å². The molecule has 82 valence electrons. The third kappa shape index (κ3) is 3.56. The predicted molar refractivity (Wildman–Crippen MR) is 62.1 cm³/mol. The van der Waals surface area contributed by atoms with E-state index in [0.29, 0.717) is 0 Å². The Balaban J connectivity index is 1.85. The van der Waals surface area contributed by atoms with Crippen molar-refractivity contribution in [2.75, 3.05) is 0 Å². The van der Waals surface area contributed by atoms with Crippen molar-refractivity contribution in [2.45, 2.75) is 45.4 Å². The highest BCUT2D eigenvalue weighted by Crippen LogP contribution is 2.20. The summed E-state index contributed by atoms with van der Waals surface area (Å²) in [7, 11) is 0. The summed E-state index contributed by atoms with van der Waals surface area (Å²) in [5.74, 6) is 0.958. The molecule has 0 radical (unpaired) electrons. The van der Waals surface area contributed by atoms with Crippen molar-refractivity contribution in [1.82, 2.24) is 5.32 Å². The summed E-state index contributed by atoms with van der Waals surface area (Å²) < 4.78 is 5.59. The molecule has 1 saturated carbocycles. The minimum atomic E-state index is 0.250. The SMILES string of the molecule is CC(C)Oc1ccc(CNC2CC2)cc1. The van der Waals surface area contributed by atoms with Gasteiger partial charge < -0.3 is 10.1 Å². The summed E-state index contributed by atoms with van der Waals surface area (Å²) in [5.41, 5.74) is 1.33. The van der Waals surface area contributed by atoms with Gasteiger partial charge in [0.25, 0.3) is 0 Å². The number of hydrogen-bond donors (Lipinski definition) is 1. The largest absolute Gasteiger partial charge is 0.491 e. The van der Waals surface area contributed by atoms with Crippen LogP contribution in [0, 0.1) is 0 Å². The molecule has 0 amide bonds. The fraction of sp³-hybridized carbons (Fsp3) is 0.538. The van der Waals surface area contributed by atoms with Crippen LogP contribution in [0.2, 0.25) is 0 Å². The average molecular weight is 205 g/mol. The summed E-state index contributed by atoms with van der Waals surface area (Å²) >= 11 is 0. The van der Waals surface area contributed by atoms with Gasteiger partial charge in [0.2, 0.25) is 0 Å². The van der Waals surface area contributed by atoms with Gasteiger partial charge in [0.05, 0.1) is 6.10 Å². The molecule has 0 atom stereocenters. The third-order valence-corrected chi connectivity index (χ3v) is 2.47. The Kier molecular flexibility index (Phi) is 3.27. The fourth-order valence-corrected chi connectivity index (χ4v) is 1.51. The van der Waals surface area contributed by atoms with Gasteiger partial charge in [-0.15, -0.1) is 0 Å². The molecular formula is C13H19NO. The van der Waals surface area contributed by atoms with E-state index in [2.05, 4.69) is 17.4 Å². The minimum absolute atomic E-state index is 0.250. The lowest BCUT2D eigenvalue weighted by Gasteiger charge is -2.10. The highest BCUT2D eigenvalue weighted by Gasteiger charge is 2.19. The molecule has 0 saturated heterocycles. The van der Waals surface area contributed by atoms with Gasteiger partial charge in [-0.3, -0.25) is 0 Å². The first-order valence-electron chi connectivity index (χ1n) is 5.73. The molecular weight excluding hydrogens is 186 g/mol. The van der Waals surface area contributed by atoms with Crippen LogP contribution in [0.15, 0.2) is 24.3 Å². The van der Waals surface area contributed by atoms with E-state index in [9.17, 15) is 0 Å². The molecule has 1 aromatic rings. The number of nitrogens with one attached hydrogen (secondary N) is 1. The van der Waals surface area contributed by atoms with Crippen LogP contribution in [0.3, 0.4) is 0 Å². The number of rotatable bonds is 5. The Morgan fingerprint density at radius 3 is 2.47 bits per heavy atom. The van der Waals surface area contributed by atoms with Crippen LogP contribution in [0.1, 0.15) is 32.3 Å². The maximum Gasteiger partial charge on any atom is 0.119 e. The van der Waals surface area contributed by atoms with Crippen LogP contribution in [0.4, 0.5) is 0 Å². The van der Waals surface area contributed by atoms with E-state index in [4.69, 9.17) is 4.74 Å². The van der Waals surface area contributed by atoms with Crippen molar-refractivity contribution in [3.8, 4) is 5.75 Å². The summed E-state index contributed by atoms with van der Waals surface area (Å²) in [6.45, 7) is 5.07. The van der Waals surface area contributed by atoms with Crippen molar-refractivity contribution in [2.24, 2.45) is 0 Å². The third-order valence-electron chi connectivity index (χ3n) is 2.47. The van der Waals surface area contributed by atoms with E-state index >= 15 is 0 Å². The summed E-state index contributed by atoms with van der Waals surface area (Å²) in [4.78, 5) is 0. The zero-order valence-electron chi connectivity index (χ0n) is 9.49. The highest BCUT2D eigenvalue weighted by atomic mass is 16.5. The van der Waals surface area contributed by atoms with Gasteiger partial charge >= 0.3 is 0 Å². The molecule has 1 N–H and O–H groups in total. The van der Waals surface area contributed by atoms with E-state index < -0.39 is 0 Å². The van der Waals surface area contributed by atoms with E-state index in [-0.39, 0.29) is 6.10 Å². The second-order valence-electron chi connectivity index (χ2n) is 4.47. The first-order valence-corrected chi connectivity index (χ1v) is 5.73. The normalized spacial score (nSPS) is 15.7. The Bertz CT molecular complexity index is 301. The monoisotopic (exact) mass is 205 g/mol. The number of ether oxygens (including phenoxy) is 1. The van der Waals surface area contributed by atoms with E-state index in [1.165, 1.54) is 18.4 Å². The standard InChI is InChI=1S/C13H19NO/c1-10(2)15-13-7-3-11(4-8-13)9-14-12-5-6-12/h3-4,7-8,10,12,14H,5-6,9H2,1-2H3. The second kappa shape index (κ2) is 4.67. The van der Waals surface area contributed by atoms with Crippen molar-refractivity contribution < 1.29 is 4.74 Å². The molecule has 2 heteroatoms. The summed E-state index contributed by atoms with van der Waals surface area (Å²) in [6.07, 6.45) is 2.93. The lowest BCUT2D eigenvalue weighted by atomic mass is 10.2. The first kappa shape index (κ1) is 10.5. The Morgan fingerprint density at radius 1 is 1.27 bits per heavy atom. The zero-order chi connectivity index (χ0) is 10.7. The van der Waals surface area contributed by atoms with Crippen molar-refractivity contribution in [3.63, 3.8) is 0 Å². The predicted octanol–water partition coefficient (Wildman–Crippen LogP) is 2.73. The Labute approximate surface area is 91.6 Å². The van der Waals surface area contributed by atoms with Crippen LogP contribution in [-0.2, 0) is 6.54 Å². The van der Waals surface area contributed by atoms with Gasteiger partial charge in [-0.25, -0.2) is 0 Å². The van der Waals surface area contributed by atoms with E-state index in [0.717, 1.165) is 18.3 Å². The van der Waals surface area contributed by atoms with Gasteiger partial charge in [-0.1, -0.05) is 12.1 Å². The lowest BCUT2D eigenvalue weighted by molar-refractivity contribution is 0.242. The Hall–Kier alpha value is -1.02. The molecule has 1 aliphatic rings. The minimum Gasteiger partial charge on any atom is -0.491 e. The molecule has 0 unspecified atom stereocenters. The van der Waals surface area contributed by atoms with Gasteiger partial charge in [-0.2, -0.15) is 0 Å². The number of hydrogen-bond acceptors (Lipinski definition) is 2. The fourth-order valence-electron chi connectivity index (χ4n) is 1.51. The smallest absolute Gasteiger partial charge is 0.119 e. The molecule has 1 aromatic carbocycles. The lowest BCUT2D eigenvalue weighted by Crippen LogP contribution is -2.15. The van der Waals surface area contributed by atoms with Gasteiger partial charge in [0, 0.05) is 12.6 Å². The van der Waals surface area contributed by atoms with Gasteiger partial charge in [0.15, 0.2) is 0 Å². The Morgan fingerprint density at radius 2 is 1.93 bits per heavy atom. The molecule has 1 aliphatic carbocycles. The zero-order valence-corrected chi connectivity index (χ0v) is 9.49.